The van der Waals surface area contributed by atoms with Gasteiger partial charge in [-0.3, -0.25) is 0 Å². The lowest BCUT2D eigenvalue weighted by Gasteiger charge is -2.09. The van der Waals surface area contributed by atoms with E-state index in [1.807, 2.05) is 25.1 Å². The van der Waals surface area contributed by atoms with Crippen molar-refractivity contribution < 1.29 is 5.11 Å². The Kier molecular flexibility index (Phi) is 3.71. The van der Waals surface area contributed by atoms with Crippen molar-refractivity contribution in [2.24, 2.45) is 0 Å². The highest BCUT2D eigenvalue weighted by atomic mass is 16.3. The normalized spacial score (nSPS) is 12.5. The van der Waals surface area contributed by atoms with E-state index < -0.39 is 0 Å². The summed E-state index contributed by atoms with van der Waals surface area (Å²) in [6.45, 7) is 5.57. The highest BCUT2D eigenvalue weighted by Gasteiger charge is 2.03. The third-order valence-electron chi connectivity index (χ3n) is 2.12. The lowest BCUT2D eigenvalue weighted by Crippen LogP contribution is -2.08. The van der Waals surface area contributed by atoms with Crippen molar-refractivity contribution in [2.45, 2.75) is 25.9 Å². The van der Waals surface area contributed by atoms with Crippen LogP contribution in [0.4, 0.5) is 0 Å². The van der Waals surface area contributed by atoms with Gasteiger partial charge in [0.2, 0.25) is 0 Å². The summed E-state index contributed by atoms with van der Waals surface area (Å²) in [5, 5.41) is 9.49. The Hall–Kier alpha value is -1.08. The Labute approximate surface area is 79.7 Å². The molecule has 0 fully saturated rings. The summed E-state index contributed by atoms with van der Waals surface area (Å²) in [6, 6.07) is 10.2. The van der Waals surface area contributed by atoms with Gasteiger partial charge in [0.1, 0.15) is 0 Å². The zero-order chi connectivity index (χ0) is 9.68. The van der Waals surface area contributed by atoms with Crippen molar-refractivity contribution in [3.8, 4) is 0 Å². The number of hydrogen-bond donors (Lipinski definition) is 1. The Morgan fingerprint density at radius 2 is 2.00 bits per heavy atom. The Morgan fingerprint density at radius 1 is 1.38 bits per heavy atom. The summed E-state index contributed by atoms with van der Waals surface area (Å²) in [6.07, 6.45) is 1.31. The molecule has 0 aromatic heterocycles. The molecule has 0 aliphatic carbocycles. The van der Waals surface area contributed by atoms with E-state index >= 15 is 0 Å². The molecule has 1 atom stereocenters. The molecule has 0 radical (unpaired) electrons. The molecular weight excluding hydrogens is 160 g/mol. The second-order valence-corrected chi connectivity index (χ2v) is 3.39. The van der Waals surface area contributed by atoms with Crippen LogP contribution in [0.25, 0.3) is 0 Å². The first-order valence-corrected chi connectivity index (χ1v) is 4.57. The van der Waals surface area contributed by atoms with Gasteiger partial charge in [0.05, 0.1) is 6.10 Å². The van der Waals surface area contributed by atoms with E-state index in [9.17, 15) is 5.11 Å². The van der Waals surface area contributed by atoms with Crippen molar-refractivity contribution in [1.82, 2.24) is 0 Å². The number of aliphatic hydroxyl groups excluding tert-OH is 1. The van der Waals surface area contributed by atoms with Gasteiger partial charge < -0.3 is 5.11 Å². The predicted octanol–water partition coefficient (Wildman–Crippen LogP) is 2.56. The van der Waals surface area contributed by atoms with Crippen LogP contribution < -0.4 is 0 Å². The highest BCUT2D eigenvalue weighted by molar-refractivity contribution is 5.15. The molecule has 0 heterocycles. The minimum absolute atomic E-state index is 0.361. The average Bonchev–Trinajstić information content (AvgIpc) is 2.15. The maximum Gasteiger partial charge on any atom is 0.0748 e. The lowest BCUT2D eigenvalue weighted by molar-refractivity contribution is 0.201. The van der Waals surface area contributed by atoms with Crippen LogP contribution in [0, 0.1) is 0 Å². The van der Waals surface area contributed by atoms with E-state index in [0.717, 1.165) is 18.4 Å². The average molecular weight is 176 g/mol. The maximum absolute atomic E-state index is 9.49. The van der Waals surface area contributed by atoms with Gasteiger partial charge in [0, 0.05) is 0 Å². The standard InChI is InChI=1S/C12H16O/c1-10(2)12(13)9-8-11-6-4-3-5-7-11/h3-7,12-13H,1,8-9H2,2H3/t12-/m0/s1. The molecule has 0 spiro atoms. The second-order valence-electron chi connectivity index (χ2n) is 3.39. The Morgan fingerprint density at radius 3 is 2.54 bits per heavy atom. The van der Waals surface area contributed by atoms with Crippen LogP contribution in [0.1, 0.15) is 18.9 Å². The van der Waals surface area contributed by atoms with Crippen molar-refractivity contribution in [3.05, 3.63) is 48.0 Å². The molecular formula is C12H16O. The molecule has 0 saturated carbocycles. The molecule has 1 N–H and O–H groups in total. The van der Waals surface area contributed by atoms with E-state index in [1.165, 1.54) is 5.56 Å². The van der Waals surface area contributed by atoms with Crippen LogP contribution >= 0.6 is 0 Å². The second kappa shape index (κ2) is 4.83. The van der Waals surface area contributed by atoms with Gasteiger partial charge in [-0.15, -0.1) is 0 Å². The fraction of sp³-hybridized carbons (Fsp3) is 0.333. The van der Waals surface area contributed by atoms with Crippen molar-refractivity contribution in [1.29, 1.82) is 0 Å². The van der Waals surface area contributed by atoms with Crippen LogP contribution in [0.3, 0.4) is 0 Å². The molecule has 1 nitrogen and oxygen atoms in total. The van der Waals surface area contributed by atoms with Crippen LogP contribution in [0.2, 0.25) is 0 Å². The topological polar surface area (TPSA) is 20.2 Å². The van der Waals surface area contributed by atoms with Crippen molar-refractivity contribution in [3.63, 3.8) is 0 Å². The van der Waals surface area contributed by atoms with Gasteiger partial charge in [-0.1, -0.05) is 42.5 Å². The van der Waals surface area contributed by atoms with Crippen LogP contribution in [-0.2, 0) is 6.42 Å². The van der Waals surface area contributed by atoms with Gasteiger partial charge in [-0.25, -0.2) is 0 Å². The number of benzene rings is 1. The van der Waals surface area contributed by atoms with Gasteiger partial charge in [-0.05, 0) is 25.3 Å². The molecule has 1 rings (SSSR count). The summed E-state index contributed by atoms with van der Waals surface area (Å²) in [5.74, 6) is 0. The summed E-state index contributed by atoms with van der Waals surface area (Å²) in [5.41, 5.74) is 2.11. The van der Waals surface area contributed by atoms with Gasteiger partial charge in [0.25, 0.3) is 0 Å². The first-order valence-electron chi connectivity index (χ1n) is 4.57. The van der Waals surface area contributed by atoms with E-state index in [1.54, 1.807) is 0 Å². The Bertz CT molecular complexity index is 264. The molecule has 1 heteroatoms. The van der Waals surface area contributed by atoms with Crippen molar-refractivity contribution in [2.75, 3.05) is 0 Å². The van der Waals surface area contributed by atoms with Gasteiger partial charge in [0.15, 0.2) is 0 Å². The molecule has 0 saturated heterocycles. The molecule has 13 heavy (non-hydrogen) atoms. The largest absolute Gasteiger partial charge is 0.389 e. The van der Waals surface area contributed by atoms with Gasteiger partial charge >= 0.3 is 0 Å². The highest BCUT2D eigenvalue weighted by Crippen LogP contribution is 2.08. The summed E-state index contributed by atoms with van der Waals surface area (Å²) in [4.78, 5) is 0. The number of hydrogen-bond acceptors (Lipinski definition) is 1. The molecule has 0 unspecified atom stereocenters. The third kappa shape index (κ3) is 3.43. The minimum Gasteiger partial charge on any atom is -0.389 e. The smallest absolute Gasteiger partial charge is 0.0748 e. The fourth-order valence-electron chi connectivity index (χ4n) is 1.19. The quantitative estimate of drug-likeness (QED) is 0.699. The molecule has 0 aliphatic rings. The first kappa shape index (κ1) is 10.0. The first-order chi connectivity index (χ1) is 6.20. The van der Waals surface area contributed by atoms with E-state index in [-0.39, 0.29) is 6.10 Å². The monoisotopic (exact) mass is 176 g/mol. The molecule has 0 amide bonds. The minimum atomic E-state index is -0.361. The van der Waals surface area contributed by atoms with E-state index in [2.05, 4.69) is 18.7 Å². The summed E-state index contributed by atoms with van der Waals surface area (Å²) >= 11 is 0. The lowest BCUT2D eigenvalue weighted by atomic mass is 10.0. The molecule has 70 valence electrons. The SMILES string of the molecule is C=C(C)[C@@H](O)CCc1ccccc1. The number of aryl methyl sites for hydroxylation is 1. The zero-order valence-electron chi connectivity index (χ0n) is 8.03. The number of rotatable bonds is 4. The molecule has 0 aliphatic heterocycles. The summed E-state index contributed by atoms with van der Waals surface area (Å²) in [7, 11) is 0. The van der Waals surface area contributed by atoms with Crippen LogP contribution in [-0.4, -0.2) is 11.2 Å². The molecule has 1 aromatic carbocycles. The van der Waals surface area contributed by atoms with E-state index in [4.69, 9.17) is 0 Å². The number of aliphatic hydroxyl groups is 1. The van der Waals surface area contributed by atoms with Gasteiger partial charge in [-0.2, -0.15) is 0 Å². The molecule has 0 bridgehead atoms. The zero-order valence-corrected chi connectivity index (χ0v) is 8.03. The molecule has 1 aromatic rings. The van der Waals surface area contributed by atoms with Crippen LogP contribution in [0.5, 0.6) is 0 Å². The van der Waals surface area contributed by atoms with Crippen molar-refractivity contribution >= 4 is 0 Å². The maximum atomic E-state index is 9.49. The predicted molar refractivity (Wildman–Crippen MR) is 55.6 cm³/mol. The fourth-order valence-corrected chi connectivity index (χ4v) is 1.19. The summed E-state index contributed by atoms with van der Waals surface area (Å²) < 4.78 is 0. The van der Waals surface area contributed by atoms with E-state index in [0.29, 0.717) is 0 Å². The van der Waals surface area contributed by atoms with Crippen LogP contribution in [0.15, 0.2) is 42.5 Å². The Balaban J connectivity index is 2.39. The third-order valence-corrected chi connectivity index (χ3v) is 2.12.